The summed E-state index contributed by atoms with van der Waals surface area (Å²) >= 11 is 0. The molecule has 0 amide bonds. The number of para-hydroxylation sites is 1. The quantitative estimate of drug-likeness (QED) is 0.138. The van der Waals surface area contributed by atoms with Gasteiger partial charge in [0.05, 0.1) is 8.16 Å². The van der Waals surface area contributed by atoms with Crippen LogP contribution in [0, 0.1) is 0 Å². The Hall–Kier alpha value is -8.00. The van der Waals surface area contributed by atoms with Crippen LogP contribution in [-0.2, 0) is 10.8 Å². The van der Waals surface area contributed by atoms with Crippen LogP contribution >= 0.6 is 0 Å². The van der Waals surface area contributed by atoms with E-state index in [-0.39, 0.29) is 17.5 Å². The van der Waals surface area contributed by atoms with Crippen LogP contribution in [-0.4, -0.2) is 0 Å². The highest BCUT2D eigenvalue weighted by Gasteiger charge is 2.46. The van der Waals surface area contributed by atoms with Crippen LogP contribution in [0.3, 0.4) is 0 Å². The molecule has 0 atom stereocenters. The first-order valence-corrected chi connectivity index (χ1v) is 22.6. The first kappa shape index (κ1) is 36.5. The maximum atomic E-state index is 9.41. The molecule has 12 rings (SSSR count). The van der Waals surface area contributed by atoms with Gasteiger partial charge in [0.15, 0.2) is 0 Å². The standard InChI is InChI=1S/C64H47N/c1-63(2)60-40-45(30-37-56(60)57-39-36-54(43-61(57)63)65(52-22-10-5-11-23-52)53-35-33-46-16-12-13-17-48(46)41-53)27-26-44-28-31-47(32-29-44)49-34-38-58-55-24-14-15-25-59(55)64(62(58)42-49,50-18-6-3-7-19-50)51-20-8-4-9-21-51/h3-43H,1-2H3/b27-26+/i26D,27D. The average Bonchev–Trinajstić information content (AvgIpc) is 3.81. The highest BCUT2D eigenvalue weighted by Crippen LogP contribution is 2.57. The minimum atomic E-state index is -0.476. The molecule has 0 aromatic heterocycles. The van der Waals surface area contributed by atoms with Crippen LogP contribution in [0.25, 0.3) is 56.3 Å². The summed E-state index contributed by atoms with van der Waals surface area (Å²) in [6, 6.07) is 85.0. The van der Waals surface area contributed by atoms with Crippen molar-refractivity contribution in [3.05, 3.63) is 281 Å². The second-order valence-corrected chi connectivity index (χ2v) is 17.9. The monoisotopic (exact) mass is 831 g/mol. The Morgan fingerprint density at radius 2 is 0.862 bits per heavy atom. The number of hydrogen-bond donors (Lipinski definition) is 0. The van der Waals surface area contributed by atoms with Crippen LogP contribution in [0.1, 0.15) is 61.1 Å². The molecule has 0 heterocycles. The number of fused-ring (bicyclic) bond motifs is 7. The lowest BCUT2D eigenvalue weighted by molar-refractivity contribution is 0.660. The van der Waals surface area contributed by atoms with Crippen LogP contribution < -0.4 is 4.90 Å². The van der Waals surface area contributed by atoms with E-state index in [1.54, 1.807) is 0 Å². The molecule has 0 N–H and O–H groups in total. The smallest absolute Gasteiger partial charge is 0.0713 e. The predicted molar refractivity (Wildman–Crippen MR) is 274 cm³/mol. The molecule has 65 heavy (non-hydrogen) atoms. The molecule has 0 saturated carbocycles. The van der Waals surface area contributed by atoms with E-state index in [1.165, 1.54) is 66.4 Å². The third-order valence-electron chi connectivity index (χ3n) is 14.0. The molecule has 0 fully saturated rings. The van der Waals surface area contributed by atoms with Crippen molar-refractivity contribution in [2.24, 2.45) is 0 Å². The molecule has 0 aliphatic heterocycles. The minimum absolute atomic E-state index is 0.201. The van der Waals surface area contributed by atoms with Gasteiger partial charge < -0.3 is 4.90 Å². The number of anilines is 3. The lowest BCUT2D eigenvalue weighted by Gasteiger charge is -2.34. The normalized spacial score (nSPS) is 14.6. The van der Waals surface area contributed by atoms with E-state index < -0.39 is 5.41 Å². The van der Waals surface area contributed by atoms with Crippen molar-refractivity contribution in [3.63, 3.8) is 0 Å². The fourth-order valence-electron chi connectivity index (χ4n) is 10.8. The zero-order valence-electron chi connectivity index (χ0n) is 38.5. The second kappa shape index (κ2) is 15.4. The van der Waals surface area contributed by atoms with Gasteiger partial charge in [0, 0.05) is 22.5 Å². The molecule has 0 saturated heterocycles. The zero-order valence-corrected chi connectivity index (χ0v) is 36.5. The van der Waals surface area contributed by atoms with Crippen LogP contribution in [0.4, 0.5) is 17.1 Å². The van der Waals surface area contributed by atoms with Gasteiger partial charge >= 0.3 is 0 Å². The second-order valence-electron chi connectivity index (χ2n) is 17.9. The average molecular weight is 832 g/mol. The summed E-state index contributed by atoms with van der Waals surface area (Å²) in [5, 5.41) is 2.42. The summed E-state index contributed by atoms with van der Waals surface area (Å²) in [7, 11) is 0. The van der Waals surface area contributed by atoms with Gasteiger partial charge in [0.1, 0.15) is 0 Å². The van der Waals surface area contributed by atoms with Crippen LogP contribution in [0.5, 0.6) is 0 Å². The highest BCUT2D eigenvalue weighted by atomic mass is 15.1. The lowest BCUT2D eigenvalue weighted by Crippen LogP contribution is -2.28. The Balaban J connectivity index is 0.871. The van der Waals surface area contributed by atoms with E-state index >= 15 is 0 Å². The van der Waals surface area contributed by atoms with Crippen molar-refractivity contribution in [1.29, 1.82) is 0 Å². The molecule has 0 spiro atoms. The Bertz CT molecular complexity index is 3510. The van der Waals surface area contributed by atoms with Gasteiger partial charge in [-0.05, 0) is 131 Å². The Labute approximate surface area is 385 Å². The molecule has 10 aromatic carbocycles. The molecule has 0 unspecified atom stereocenters. The largest absolute Gasteiger partial charge is 0.310 e. The van der Waals surface area contributed by atoms with Crippen molar-refractivity contribution < 1.29 is 2.74 Å². The van der Waals surface area contributed by atoms with Crippen LogP contribution in [0.2, 0.25) is 0 Å². The van der Waals surface area contributed by atoms with Gasteiger partial charge in [-0.25, -0.2) is 0 Å². The molecule has 0 radical (unpaired) electrons. The predicted octanol–water partition coefficient (Wildman–Crippen LogP) is 16.8. The number of hydrogen-bond acceptors (Lipinski definition) is 1. The minimum Gasteiger partial charge on any atom is -0.310 e. The Morgan fingerprint density at radius 3 is 1.60 bits per heavy atom. The van der Waals surface area contributed by atoms with Gasteiger partial charge in [0.25, 0.3) is 0 Å². The maximum absolute atomic E-state index is 9.41. The lowest BCUT2D eigenvalue weighted by atomic mass is 9.67. The molecular weight excluding hydrogens is 783 g/mol. The summed E-state index contributed by atoms with van der Waals surface area (Å²) in [6.07, 6.45) is 0. The maximum Gasteiger partial charge on any atom is 0.0713 e. The topological polar surface area (TPSA) is 3.24 Å². The Morgan fingerprint density at radius 1 is 0.354 bits per heavy atom. The highest BCUT2D eigenvalue weighted by molar-refractivity contribution is 5.92. The molecule has 1 nitrogen and oxygen atoms in total. The van der Waals surface area contributed by atoms with Crippen molar-refractivity contribution >= 4 is 39.9 Å². The zero-order chi connectivity index (χ0) is 45.3. The molecule has 308 valence electrons. The van der Waals surface area contributed by atoms with E-state index in [2.05, 4.69) is 237 Å². The summed E-state index contributed by atoms with van der Waals surface area (Å²) in [5.74, 6) is 0. The van der Waals surface area contributed by atoms with Gasteiger partial charge in [-0.15, -0.1) is 0 Å². The first-order chi connectivity index (χ1) is 32.8. The number of nitrogens with zero attached hydrogens (tertiary/aromatic N) is 1. The van der Waals surface area contributed by atoms with Crippen LogP contribution in [0.15, 0.2) is 237 Å². The third-order valence-corrected chi connectivity index (χ3v) is 14.0. The SMILES string of the molecule is [2H]/C(=C(/[2H])c1ccc2c(c1)C(C)(C)c1cc(N(c3ccccc3)c3ccc4ccccc4c3)ccc1-2)c1ccc(-c2ccc3c(c2)C(c2ccccc2)(c2ccccc2)c2ccccc2-3)cc1. The Kier molecular flexibility index (Phi) is 8.62. The fraction of sp³-hybridized carbons (Fsp3) is 0.0625. The van der Waals surface area contributed by atoms with Crippen molar-refractivity contribution in [2.45, 2.75) is 24.7 Å². The molecule has 0 bridgehead atoms. The molecule has 2 aliphatic carbocycles. The number of rotatable bonds is 8. The van der Waals surface area contributed by atoms with E-state index in [0.29, 0.717) is 5.56 Å². The third kappa shape index (κ3) is 6.30. The number of benzene rings is 10. The summed E-state index contributed by atoms with van der Waals surface area (Å²) in [4.78, 5) is 2.34. The van der Waals surface area contributed by atoms with Crippen molar-refractivity contribution in [2.75, 3.05) is 4.90 Å². The summed E-state index contributed by atoms with van der Waals surface area (Å²) < 4.78 is 18.8. The van der Waals surface area contributed by atoms with Crippen molar-refractivity contribution in [1.82, 2.24) is 0 Å². The first-order valence-electron chi connectivity index (χ1n) is 23.6. The van der Waals surface area contributed by atoms with E-state index in [4.69, 9.17) is 0 Å². The van der Waals surface area contributed by atoms with Gasteiger partial charge in [-0.1, -0.05) is 220 Å². The van der Waals surface area contributed by atoms with E-state index in [0.717, 1.165) is 33.8 Å². The van der Waals surface area contributed by atoms with Gasteiger partial charge in [-0.3, -0.25) is 0 Å². The summed E-state index contributed by atoms with van der Waals surface area (Å²) in [5.41, 5.74) is 18.5. The fourth-order valence-corrected chi connectivity index (χ4v) is 10.8. The van der Waals surface area contributed by atoms with Gasteiger partial charge in [0.2, 0.25) is 0 Å². The molecular formula is C64H47N. The summed E-state index contributed by atoms with van der Waals surface area (Å²) in [6.45, 7) is 4.56. The molecule has 10 aromatic rings. The van der Waals surface area contributed by atoms with E-state index in [9.17, 15) is 2.74 Å². The van der Waals surface area contributed by atoms with Gasteiger partial charge in [-0.2, -0.15) is 0 Å². The molecule has 1 heteroatoms. The van der Waals surface area contributed by atoms with Crippen molar-refractivity contribution in [3.8, 4) is 33.4 Å². The van der Waals surface area contributed by atoms with E-state index in [1.807, 2.05) is 18.2 Å². The molecule has 2 aliphatic rings.